The zero-order valence-electron chi connectivity index (χ0n) is 11.4. The Morgan fingerprint density at radius 2 is 2.21 bits per heavy atom. The molecular formula is C13H21N3O2S. The predicted molar refractivity (Wildman–Crippen MR) is 74.4 cm³/mol. The highest BCUT2D eigenvalue weighted by Crippen LogP contribution is 2.35. The summed E-state index contributed by atoms with van der Waals surface area (Å²) in [5.41, 5.74) is 0.941. The van der Waals surface area contributed by atoms with Gasteiger partial charge in [0.2, 0.25) is 0 Å². The van der Waals surface area contributed by atoms with E-state index in [1.54, 1.807) is 6.20 Å². The van der Waals surface area contributed by atoms with Crippen molar-refractivity contribution < 1.29 is 8.42 Å². The van der Waals surface area contributed by atoms with Crippen LogP contribution in [0.25, 0.3) is 0 Å². The van der Waals surface area contributed by atoms with E-state index in [0.717, 1.165) is 25.0 Å². The molecule has 0 saturated heterocycles. The first-order chi connectivity index (χ1) is 9.02. The molecule has 0 amide bonds. The SMILES string of the molecule is CNC(c1ccncn1)C1CCCC(S(C)(=O)=O)C1. The molecule has 1 heterocycles. The molecule has 1 saturated carbocycles. The van der Waals surface area contributed by atoms with Crippen LogP contribution in [0, 0.1) is 5.92 Å². The maximum atomic E-state index is 11.7. The number of aromatic nitrogens is 2. The molecule has 5 nitrogen and oxygen atoms in total. The Labute approximate surface area is 114 Å². The number of sulfone groups is 1. The first-order valence-corrected chi connectivity index (χ1v) is 8.60. The first kappa shape index (κ1) is 14.4. The predicted octanol–water partition coefficient (Wildman–Crippen LogP) is 1.34. The number of hydrogen-bond donors (Lipinski definition) is 1. The second-order valence-electron chi connectivity index (χ2n) is 5.28. The molecular weight excluding hydrogens is 262 g/mol. The van der Waals surface area contributed by atoms with E-state index >= 15 is 0 Å². The molecule has 1 fully saturated rings. The van der Waals surface area contributed by atoms with Gasteiger partial charge >= 0.3 is 0 Å². The lowest BCUT2D eigenvalue weighted by molar-refractivity contribution is 0.278. The lowest BCUT2D eigenvalue weighted by Crippen LogP contribution is -2.34. The summed E-state index contributed by atoms with van der Waals surface area (Å²) in [7, 11) is -1.04. The summed E-state index contributed by atoms with van der Waals surface area (Å²) in [5.74, 6) is 0.313. The minimum atomic E-state index is -2.94. The molecule has 0 spiro atoms. The number of hydrogen-bond acceptors (Lipinski definition) is 5. The summed E-state index contributed by atoms with van der Waals surface area (Å²) >= 11 is 0. The molecule has 106 valence electrons. The minimum absolute atomic E-state index is 0.104. The van der Waals surface area contributed by atoms with Crippen molar-refractivity contribution in [1.82, 2.24) is 15.3 Å². The van der Waals surface area contributed by atoms with Crippen molar-refractivity contribution >= 4 is 9.84 Å². The third-order valence-electron chi connectivity index (χ3n) is 3.98. The van der Waals surface area contributed by atoms with E-state index in [9.17, 15) is 8.42 Å². The van der Waals surface area contributed by atoms with E-state index in [1.807, 2.05) is 13.1 Å². The standard InChI is InChI=1S/C13H21N3O2S/c1-14-13(12-6-7-15-9-16-12)10-4-3-5-11(8-10)19(2,17)18/h6-7,9-11,13-14H,3-5,8H2,1-2H3. The normalized spacial score (nSPS) is 26.0. The van der Waals surface area contributed by atoms with Gasteiger partial charge in [-0.25, -0.2) is 18.4 Å². The monoisotopic (exact) mass is 283 g/mol. The number of rotatable bonds is 4. The van der Waals surface area contributed by atoms with Gasteiger partial charge in [-0.3, -0.25) is 0 Å². The largest absolute Gasteiger partial charge is 0.311 e. The molecule has 1 aromatic rings. The van der Waals surface area contributed by atoms with Crippen LogP contribution in [-0.4, -0.2) is 36.9 Å². The molecule has 0 bridgehead atoms. The van der Waals surface area contributed by atoms with Gasteiger partial charge < -0.3 is 5.32 Å². The maximum absolute atomic E-state index is 11.7. The summed E-state index contributed by atoms with van der Waals surface area (Å²) in [6.45, 7) is 0. The van der Waals surface area contributed by atoms with Crippen molar-refractivity contribution in [2.24, 2.45) is 5.92 Å². The Bertz CT molecular complexity index is 504. The molecule has 3 atom stereocenters. The van der Waals surface area contributed by atoms with Gasteiger partial charge in [0.05, 0.1) is 17.0 Å². The van der Waals surface area contributed by atoms with Crippen molar-refractivity contribution in [2.45, 2.75) is 37.0 Å². The van der Waals surface area contributed by atoms with Crippen LogP contribution in [0.5, 0.6) is 0 Å². The van der Waals surface area contributed by atoms with Crippen molar-refractivity contribution in [3.63, 3.8) is 0 Å². The van der Waals surface area contributed by atoms with Crippen LogP contribution in [0.3, 0.4) is 0 Å². The summed E-state index contributed by atoms with van der Waals surface area (Å²) in [6.07, 6.45) is 8.12. The molecule has 1 aliphatic carbocycles. The Morgan fingerprint density at radius 1 is 1.42 bits per heavy atom. The molecule has 2 rings (SSSR count). The minimum Gasteiger partial charge on any atom is -0.311 e. The summed E-state index contributed by atoms with van der Waals surface area (Å²) in [5, 5.41) is 3.07. The maximum Gasteiger partial charge on any atom is 0.150 e. The van der Waals surface area contributed by atoms with E-state index in [0.29, 0.717) is 12.3 Å². The van der Waals surface area contributed by atoms with Gasteiger partial charge in [0, 0.05) is 12.5 Å². The third kappa shape index (κ3) is 3.51. The fraction of sp³-hybridized carbons (Fsp3) is 0.692. The van der Waals surface area contributed by atoms with Gasteiger partial charge in [-0.2, -0.15) is 0 Å². The lowest BCUT2D eigenvalue weighted by atomic mass is 9.82. The zero-order valence-corrected chi connectivity index (χ0v) is 12.2. The lowest BCUT2D eigenvalue weighted by Gasteiger charge is -2.33. The van der Waals surface area contributed by atoms with E-state index < -0.39 is 9.84 Å². The second kappa shape index (κ2) is 5.96. The Balaban J connectivity index is 2.15. The zero-order chi connectivity index (χ0) is 13.9. The fourth-order valence-corrected chi connectivity index (χ4v) is 4.17. The molecule has 3 unspecified atom stereocenters. The van der Waals surface area contributed by atoms with E-state index in [4.69, 9.17) is 0 Å². The summed E-state index contributed by atoms with van der Waals surface area (Å²) < 4.78 is 23.5. The van der Waals surface area contributed by atoms with Gasteiger partial charge in [-0.1, -0.05) is 6.42 Å². The number of nitrogens with zero attached hydrogens (tertiary/aromatic N) is 2. The molecule has 6 heteroatoms. The van der Waals surface area contributed by atoms with Crippen LogP contribution in [0.4, 0.5) is 0 Å². The van der Waals surface area contributed by atoms with Gasteiger partial charge in [-0.05, 0) is 38.3 Å². The molecule has 0 aliphatic heterocycles. The average molecular weight is 283 g/mol. The van der Waals surface area contributed by atoms with E-state index in [2.05, 4.69) is 15.3 Å². The summed E-state index contributed by atoms with van der Waals surface area (Å²) in [4.78, 5) is 8.22. The first-order valence-electron chi connectivity index (χ1n) is 6.64. The molecule has 19 heavy (non-hydrogen) atoms. The van der Waals surface area contributed by atoms with Crippen LogP contribution in [0.15, 0.2) is 18.6 Å². The molecule has 1 aromatic heterocycles. The molecule has 1 N–H and O–H groups in total. The Kier molecular flexibility index (Phi) is 4.52. The van der Waals surface area contributed by atoms with Crippen LogP contribution >= 0.6 is 0 Å². The van der Waals surface area contributed by atoms with Gasteiger partial charge in [0.25, 0.3) is 0 Å². The van der Waals surface area contributed by atoms with Crippen molar-refractivity contribution in [2.75, 3.05) is 13.3 Å². The van der Waals surface area contributed by atoms with E-state index in [1.165, 1.54) is 12.6 Å². The molecule has 1 aliphatic rings. The van der Waals surface area contributed by atoms with Crippen molar-refractivity contribution in [1.29, 1.82) is 0 Å². The van der Waals surface area contributed by atoms with Crippen LogP contribution in [0.2, 0.25) is 0 Å². The van der Waals surface area contributed by atoms with Crippen LogP contribution in [-0.2, 0) is 9.84 Å². The topological polar surface area (TPSA) is 72.0 Å². The molecule has 0 radical (unpaired) electrons. The van der Waals surface area contributed by atoms with Gasteiger partial charge in [0.1, 0.15) is 16.2 Å². The highest BCUT2D eigenvalue weighted by molar-refractivity contribution is 7.91. The number of nitrogens with one attached hydrogen (secondary N) is 1. The third-order valence-corrected chi connectivity index (χ3v) is 5.62. The smallest absolute Gasteiger partial charge is 0.150 e. The van der Waals surface area contributed by atoms with Crippen LogP contribution < -0.4 is 5.32 Å². The molecule has 0 aromatic carbocycles. The highest BCUT2D eigenvalue weighted by Gasteiger charge is 2.33. The van der Waals surface area contributed by atoms with Crippen molar-refractivity contribution in [3.8, 4) is 0 Å². The second-order valence-corrected chi connectivity index (χ2v) is 7.60. The average Bonchev–Trinajstić information content (AvgIpc) is 2.40. The van der Waals surface area contributed by atoms with Crippen LogP contribution in [0.1, 0.15) is 37.4 Å². The van der Waals surface area contributed by atoms with E-state index in [-0.39, 0.29) is 11.3 Å². The Hall–Kier alpha value is -1.01. The van der Waals surface area contributed by atoms with Gasteiger partial charge in [-0.15, -0.1) is 0 Å². The highest BCUT2D eigenvalue weighted by atomic mass is 32.2. The summed E-state index contributed by atoms with van der Waals surface area (Å²) in [6, 6.07) is 2.00. The fourth-order valence-electron chi connectivity index (χ4n) is 2.98. The quantitative estimate of drug-likeness (QED) is 0.903. The van der Waals surface area contributed by atoms with Gasteiger partial charge in [0.15, 0.2) is 0 Å². The Morgan fingerprint density at radius 3 is 2.79 bits per heavy atom. The van der Waals surface area contributed by atoms with Crippen molar-refractivity contribution in [3.05, 3.63) is 24.3 Å².